The van der Waals surface area contributed by atoms with Crippen molar-refractivity contribution in [2.24, 2.45) is 5.92 Å². The lowest BCUT2D eigenvalue weighted by atomic mass is 10.1. The van der Waals surface area contributed by atoms with Crippen LogP contribution in [-0.4, -0.2) is 52.2 Å². The van der Waals surface area contributed by atoms with E-state index in [1.807, 2.05) is 4.57 Å². The highest BCUT2D eigenvalue weighted by atomic mass is 35.5. The SMILES string of the molecule is Cl.Cl.O=C(CCn1ccnc1)Nc1cccc(C(=O)NCC2CNCC2O)c1. The van der Waals surface area contributed by atoms with Crippen LogP contribution in [0.3, 0.4) is 0 Å². The van der Waals surface area contributed by atoms with Crippen LogP contribution in [0.5, 0.6) is 0 Å². The predicted molar refractivity (Wildman–Crippen MR) is 111 cm³/mol. The average molecular weight is 430 g/mol. The molecule has 1 saturated heterocycles. The highest BCUT2D eigenvalue weighted by Crippen LogP contribution is 2.12. The molecule has 0 aliphatic carbocycles. The number of hydrogen-bond donors (Lipinski definition) is 4. The number of aromatic nitrogens is 2. The van der Waals surface area contributed by atoms with Gasteiger partial charge < -0.3 is 25.6 Å². The van der Waals surface area contributed by atoms with Gasteiger partial charge in [-0.3, -0.25) is 9.59 Å². The Kier molecular flexibility index (Phi) is 9.95. The van der Waals surface area contributed by atoms with Gasteiger partial charge in [0.05, 0.1) is 12.4 Å². The molecule has 0 spiro atoms. The summed E-state index contributed by atoms with van der Waals surface area (Å²) in [7, 11) is 0. The molecule has 154 valence electrons. The number of aliphatic hydroxyl groups excluding tert-OH is 1. The molecule has 0 bridgehead atoms. The molecule has 1 fully saturated rings. The van der Waals surface area contributed by atoms with Crippen LogP contribution < -0.4 is 16.0 Å². The van der Waals surface area contributed by atoms with Crippen LogP contribution in [0.4, 0.5) is 5.69 Å². The lowest BCUT2D eigenvalue weighted by Crippen LogP contribution is -2.34. The number of nitrogens with one attached hydrogen (secondary N) is 3. The van der Waals surface area contributed by atoms with E-state index in [0.29, 0.717) is 43.9 Å². The molecule has 2 aromatic rings. The standard InChI is InChI=1S/C18H23N5O3.2ClH/c24-16-11-20-9-14(16)10-21-18(26)13-2-1-3-15(8-13)22-17(25)4-6-23-7-5-19-12-23;;/h1-3,5,7-8,12,14,16,20,24H,4,6,9-11H2,(H,21,26)(H,22,25);2*1H. The minimum Gasteiger partial charge on any atom is -0.391 e. The Morgan fingerprint density at radius 2 is 2.11 bits per heavy atom. The molecule has 8 nitrogen and oxygen atoms in total. The zero-order chi connectivity index (χ0) is 18.4. The van der Waals surface area contributed by atoms with Gasteiger partial charge in [-0.05, 0) is 18.2 Å². The topological polar surface area (TPSA) is 108 Å². The van der Waals surface area contributed by atoms with E-state index < -0.39 is 6.10 Å². The Balaban J connectivity index is 0.00000196. The van der Waals surface area contributed by atoms with Gasteiger partial charge in [0.1, 0.15) is 0 Å². The van der Waals surface area contributed by atoms with Gasteiger partial charge in [-0.2, -0.15) is 0 Å². The average Bonchev–Trinajstić information content (AvgIpc) is 3.30. The van der Waals surface area contributed by atoms with Crippen LogP contribution >= 0.6 is 24.8 Å². The van der Waals surface area contributed by atoms with Crippen molar-refractivity contribution < 1.29 is 14.7 Å². The van der Waals surface area contributed by atoms with Crippen molar-refractivity contribution in [3.05, 3.63) is 48.5 Å². The summed E-state index contributed by atoms with van der Waals surface area (Å²) in [6.07, 6.45) is 5.01. The number of aryl methyl sites for hydroxylation is 1. The summed E-state index contributed by atoms with van der Waals surface area (Å²) in [6, 6.07) is 6.82. The molecule has 4 N–H and O–H groups in total. The van der Waals surface area contributed by atoms with Crippen molar-refractivity contribution in [2.75, 3.05) is 25.0 Å². The maximum absolute atomic E-state index is 12.3. The molecule has 3 rings (SSSR count). The number of rotatable bonds is 7. The van der Waals surface area contributed by atoms with E-state index in [0.717, 1.165) is 0 Å². The van der Waals surface area contributed by atoms with E-state index in [9.17, 15) is 14.7 Å². The number of aliphatic hydroxyl groups is 1. The predicted octanol–water partition coefficient (Wildman–Crippen LogP) is 1.07. The minimum absolute atomic E-state index is 0. The number of carbonyl (C=O) groups excluding carboxylic acids is 2. The molecule has 2 unspecified atom stereocenters. The monoisotopic (exact) mass is 429 g/mol. The van der Waals surface area contributed by atoms with Crippen molar-refractivity contribution in [1.82, 2.24) is 20.2 Å². The first-order chi connectivity index (χ1) is 12.6. The minimum atomic E-state index is -0.434. The molecule has 2 amide bonds. The summed E-state index contributed by atoms with van der Waals surface area (Å²) >= 11 is 0. The van der Waals surface area contributed by atoms with Crippen molar-refractivity contribution >= 4 is 42.3 Å². The van der Waals surface area contributed by atoms with Crippen LogP contribution in [0, 0.1) is 5.92 Å². The molecular formula is C18H25Cl2N5O3. The zero-order valence-electron chi connectivity index (χ0n) is 15.2. The highest BCUT2D eigenvalue weighted by molar-refractivity contribution is 5.97. The molecule has 2 atom stereocenters. The summed E-state index contributed by atoms with van der Waals surface area (Å²) in [6.45, 7) is 2.20. The Bertz CT molecular complexity index is 757. The first-order valence-electron chi connectivity index (χ1n) is 8.64. The molecule has 10 heteroatoms. The van der Waals surface area contributed by atoms with Gasteiger partial charge >= 0.3 is 0 Å². The van der Waals surface area contributed by atoms with Gasteiger partial charge in [0.25, 0.3) is 5.91 Å². The maximum Gasteiger partial charge on any atom is 0.251 e. The third kappa shape index (κ3) is 6.79. The Hall–Kier alpha value is -2.13. The smallest absolute Gasteiger partial charge is 0.251 e. The molecule has 2 heterocycles. The molecule has 1 aliphatic rings. The fourth-order valence-electron chi connectivity index (χ4n) is 2.86. The zero-order valence-corrected chi connectivity index (χ0v) is 16.8. The molecule has 0 radical (unpaired) electrons. The van der Waals surface area contributed by atoms with E-state index in [4.69, 9.17) is 0 Å². The summed E-state index contributed by atoms with van der Waals surface area (Å²) in [5.41, 5.74) is 1.05. The molecule has 1 aromatic heterocycles. The van der Waals surface area contributed by atoms with Gasteiger partial charge in [0.2, 0.25) is 5.91 Å². The van der Waals surface area contributed by atoms with Crippen LogP contribution in [0.15, 0.2) is 43.0 Å². The number of halogens is 2. The van der Waals surface area contributed by atoms with Gasteiger partial charge in [-0.25, -0.2) is 4.98 Å². The third-order valence-corrected chi connectivity index (χ3v) is 4.39. The first kappa shape index (κ1) is 23.9. The fraction of sp³-hybridized carbons (Fsp3) is 0.389. The first-order valence-corrected chi connectivity index (χ1v) is 8.64. The molecular weight excluding hydrogens is 405 g/mol. The number of hydrogen-bond acceptors (Lipinski definition) is 5. The van der Waals surface area contributed by atoms with Crippen LogP contribution in [0.2, 0.25) is 0 Å². The van der Waals surface area contributed by atoms with Crippen molar-refractivity contribution in [3.8, 4) is 0 Å². The number of imidazole rings is 1. The number of nitrogens with zero attached hydrogens (tertiary/aromatic N) is 2. The van der Waals surface area contributed by atoms with Crippen LogP contribution in [-0.2, 0) is 11.3 Å². The van der Waals surface area contributed by atoms with Gasteiger partial charge in [-0.1, -0.05) is 6.07 Å². The van der Waals surface area contributed by atoms with E-state index in [1.165, 1.54) is 0 Å². The van der Waals surface area contributed by atoms with Crippen molar-refractivity contribution in [2.45, 2.75) is 19.1 Å². The van der Waals surface area contributed by atoms with E-state index in [-0.39, 0.29) is 42.5 Å². The van der Waals surface area contributed by atoms with Gasteiger partial charge in [-0.15, -0.1) is 24.8 Å². The number of benzene rings is 1. The largest absolute Gasteiger partial charge is 0.391 e. The Labute approximate surface area is 175 Å². The quantitative estimate of drug-likeness (QED) is 0.526. The third-order valence-electron chi connectivity index (χ3n) is 4.39. The van der Waals surface area contributed by atoms with Crippen LogP contribution in [0.1, 0.15) is 16.8 Å². The highest BCUT2D eigenvalue weighted by Gasteiger charge is 2.25. The van der Waals surface area contributed by atoms with Gasteiger partial charge in [0.15, 0.2) is 0 Å². The summed E-state index contributed by atoms with van der Waals surface area (Å²) < 4.78 is 1.83. The summed E-state index contributed by atoms with van der Waals surface area (Å²) in [5, 5.41) is 18.5. The van der Waals surface area contributed by atoms with Crippen molar-refractivity contribution in [1.29, 1.82) is 0 Å². The second kappa shape index (κ2) is 11.7. The fourth-order valence-corrected chi connectivity index (χ4v) is 2.86. The van der Waals surface area contributed by atoms with Crippen LogP contribution in [0.25, 0.3) is 0 Å². The lowest BCUT2D eigenvalue weighted by Gasteiger charge is -2.14. The van der Waals surface area contributed by atoms with Gasteiger partial charge in [0, 0.05) is 62.2 Å². The Morgan fingerprint density at radius 3 is 2.79 bits per heavy atom. The molecule has 1 aliphatic heterocycles. The Morgan fingerprint density at radius 1 is 1.29 bits per heavy atom. The van der Waals surface area contributed by atoms with E-state index >= 15 is 0 Å². The maximum atomic E-state index is 12.3. The van der Waals surface area contributed by atoms with Crippen molar-refractivity contribution in [3.63, 3.8) is 0 Å². The number of anilines is 1. The van der Waals surface area contributed by atoms with E-state index in [2.05, 4.69) is 20.9 Å². The summed E-state index contributed by atoms with van der Waals surface area (Å²) in [4.78, 5) is 28.3. The normalized spacial score (nSPS) is 17.9. The number of carbonyl (C=O) groups is 2. The summed E-state index contributed by atoms with van der Waals surface area (Å²) in [5.74, 6) is -0.333. The molecule has 0 saturated carbocycles. The van der Waals surface area contributed by atoms with E-state index in [1.54, 1.807) is 43.0 Å². The second-order valence-electron chi connectivity index (χ2n) is 6.38. The number of amides is 2. The second-order valence-corrected chi connectivity index (χ2v) is 6.38. The lowest BCUT2D eigenvalue weighted by molar-refractivity contribution is -0.116. The molecule has 28 heavy (non-hydrogen) atoms. The molecule has 1 aromatic carbocycles. The number of β-amino-alcohol motifs (C(OH)–C–C–N with tert-alkyl or cyclic N) is 1.